The maximum atomic E-state index is 11.6. The summed E-state index contributed by atoms with van der Waals surface area (Å²) < 4.78 is 5.33. The summed E-state index contributed by atoms with van der Waals surface area (Å²) in [6.07, 6.45) is 1.23. The van der Waals surface area contributed by atoms with Crippen LogP contribution in [-0.2, 0) is 9.59 Å². The average Bonchev–Trinajstić information content (AvgIpc) is 2.38. The van der Waals surface area contributed by atoms with Gasteiger partial charge in [0.25, 0.3) is 0 Å². The third kappa shape index (κ3) is 8.88. The Morgan fingerprint density at radius 2 is 1.86 bits per heavy atom. The molecule has 1 unspecified atom stereocenters. The Labute approximate surface area is 130 Å². The van der Waals surface area contributed by atoms with Crippen LogP contribution in [0.1, 0.15) is 26.2 Å². The molecule has 0 saturated carbocycles. The van der Waals surface area contributed by atoms with Crippen molar-refractivity contribution in [2.45, 2.75) is 32.2 Å². The van der Waals surface area contributed by atoms with E-state index >= 15 is 0 Å². The van der Waals surface area contributed by atoms with Crippen LogP contribution in [0.2, 0.25) is 0 Å². The van der Waals surface area contributed by atoms with Crippen molar-refractivity contribution in [2.75, 3.05) is 11.9 Å². The van der Waals surface area contributed by atoms with Crippen LogP contribution in [0.15, 0.2) is 24.3 Å². The number of anilines is 1. The van der Waals surface area contributed by atoms with Crippen LogP contribution in [0.3, 0.4) is 0 Å². The first-order valence-corrected chi connectivity index (χ1v) is 6.54. The van der Waals surface area contributed by atoms with Crippen molar-refractivity contribution in [1.82, 2.24) is 0 Å². The fourth-order valence-electron chi connectivity index (χ4n) is 1.49. The smallest absolute Gasteiger partial charge is 0.224 e. The van der Waals surface area contributed by atoms with Gasteiger partial charge >= 0.3 is 0 Å². The van der Waals surface area contributed by atoms with E-state index in [1.165, 1.54) is 0 Å². The van der Waals surface area contributed by atoms with E-state index in [4.69, 9.17) is 16.2 Å². The molecule has 1 atom stereocenters. The minimum absolute atomic E-state index is 0. The van der Waals surface area contributed by atoms with Crippen molar-refractivity contribution < 1.29 is 14.3 Å². The largest absolute Gasteiger partial charge is 0.493 e. The monoisotopic (exact) mass is 315 g/mol. The molecule has 21 heavy (non-hydrogen) atoms. The number of halogens is 1. The first-order valence-electron chi connectivity index (χ1n) is 6.54. The fourth-order valence-corrected chi connectivity index (χ4v) is 1.49. The normalized spacial score (nSPS) is 11.1. The van der Waals surface area contributed by atoms with E-state index in [-0.39, 0.29) is 37.4 Å². The highest BCUT2D eigenvalue weighted by molar-refractivity contribution is 5.90. The molecule has 0 aliphatic heterocycles. The molecular weight excluding hydrogens is 294 g/mol. The SMILES string of the molecule is CC(N)CCC(=O)Nc1ccc(OCCC(N)=O)cc1.Cl. The lowest BCUT2D eigenvalue weighted by Crippen LogP contribution is -2.19. The zero-order valence-electron chi connectivity index (χ0n) is 12.0. The topological polar surface area (TPSA) is 107 Å². The second kappa shape index (κ2) is 10.0. The van der Waals surface area contributed by atoms with Crippen LogP contribution < -0.4 is 21.5 Å². The Morgan fingerprint density at radius 3 is 2.38 bits per heavy atom. The van der Waals surface area contributed by atoms with Crippen LogP contribution in [0, 0.1) is 0 Å². The maximum absolute atomic E-state index is 11.6. The van der Waals surface area contributed by atoms with E-state index in [0.717, 1.165) is 0 Å². The number of amides is 2. The number of nitrogens with two attached hydrogens (primary N) is 2. The molecule has 0 bridgehead atoms. The molecule has 2 amide bonds. The molecule has 1 aromatic rings. The van der Waals surface area contributed by atoms with Crippen molar-refractivity contribution in [1.29, 1.82) is 0 Å². The summed E-state index contributed by atoms with van der Waals surface area (Å²) in [4.78, 5) is 22.2. The maximum Gasteiger partial charge on any atom is 0.224 e. The summed E-state index contributed by atoms with van der Waals surface area (Å²) >= 11 is 0. The predicted octanol–water partition coefficient (Wildman–Crippen LogP) is 1.43. The zero-order valence-corrected chi connectivity index (χ0v) is 12.8. The Balaban J connectivity index is 0.00000400. The predicted molar refractivity (Wildman–Crippen MR) is 84.5 cm³/mol. The first-order chi connectivity index (χ1) is 9.47. The highest BCUT2D eigenvalue weighted by atomic mass is 35.5. The van der Waals surface area contributed by atoms with E-state index in [9.17, 15) is 9.59 Å². The van der Waals surface area contributed by atoms with Crippen LogP contribution >= 0.6 is 12.4 Å². The molecule has 0 aliphatic carbocycles. The van der Waals surface area contributed by atoms with Gasteiger partial charge in [0.15, 0.2) is 0 Å². The number of primary amides is 1. The number of carbonyl (C=O) groups excluding carboxylic acids is 2. The lowest BCUT2D eigenvalue weighted by molar-refractivity contribution is -0.118. The van der Waals surface area contributed by atoms with Gasteiger partial charge in [-0.1, -0.05) is 0 Å². The van der Waals surface area contributed by atoms with Gasteiger partial charge in [0.2, 0.25) is 11.8 Å². The summed E-state index contributed by atoms with van der Waals surface area (Å²) in [5.41, 5.74) is 11.3. The Bertz CT molecular complexity index is 449. The van der Waals surface area contributed by atoms with E-state index in [0.29, 0.717) is 24.3 Å². The number of carbonyl (C=O) groups is 2. The van der Waals surface area contributed by atoms with Gasteiger partial charge < -0.3 is 21.5 Å². The molecule has 0 aromatic heterocycles. The second-order valence-corrected chi connectivity index (χ2v) is 4.65. The minimum atomic E-state index is -0.400. The molecule has 0 fully saturated rings. The van der Waals surface area contributed by atoms with E-state index < -0.39 is 5.91 Å². The van der Waals surface area contributed by atoms with Gasteiger partial charge in [-0.2, -0.15) is 0 Å². The van der Waals surface area contributed by atoms with Gasteiger partial charge in [0, 0.05) is 18.2 Å². The molecule has 0 spiro atoms. The molecule has 5 N–H and O–H groups in total. The van der Waals surface area contributed by atoms with Crippen molar-refractivity contribution in [3.63, 3.8) is 0 Å². The van der Waals surface area contributed by atoms with Crippen LogP contribution in [0.4, 0.5) is 5.69 Å². The number of ether oxygens (including phenoxy) is 1. The molecule has 0 radical (unpaired) electrons. The summed E-state index contributed by atoms with van der Waals surface area (Å²) in [6.45, 7) is 2.11. The molecule has 118 valence electrons. The van der Waals surface area contributed by atoms with E-state index in [1.807, 2.05) is 6.92 Å². The summed E-state index contributed by atoms with van der Waals surface area (Å²) in [5.74, 6) is 0.160. The lowest BCUT2D eigenvalue weighted by atomic mass is 10.2. The highest BCUT2D eigenvalue weighted by Gasteiger charge is 2.04. The number of hydrogen-bond donors (Lipinski definition) is 3. The molecule has 7 heteroatoms. The molecular formula is C14H22ClN3O3. The van der Waals surface area contributed by atoms with Crippen LogP contribution in [0.5, 0.6) is 5.75 Å². The molecule has 6 nitrogen and oxygen atoms in total. The Hall–Kier alpha value is -1.79. The standard InChI is InChI=1S/C14H21N3O3.ClH/c1-10(15)2-7-14(19)17-11-3-5-12(6-4-11)20-9-8-13(16)18;/h3-6,10H,2,7-9,15H2,1H3,(H2,16,18)(H,17,19);1H. The van der Waals surface area contributed by atoms with Gasteiger partial charge in [-0.15, -0.1) is 12.4 Å². The molecule has 1 rings (SSSR count). The quantitative estimate of drug-likeness (QED) is 0.674. The van der Waals surface area contributed by atoms with Crippen LogP contribution in [-0.4, -0.2) is 24.5 Å². The van der Waals surface area contributed by atoms with Gasteiger partial charge in [-0.25, -0.2) is 0 Å². The Morgan fingerprint density at radius 1 is 1.24 bits per heavy atom. The van der Waals surface area contributed by atoms with Crippen molar-refractivity contribution in [3.8, 4) is 5.75 Å². The van der Waals surface area contributed by atoms with Gasteiger partial charge in [0.05, 0.1) is 13.0 Å². The molecule has 0 aliphatic rings. The first kappa shape index (κ1) is 19.2. The third-order valence-electron chi connectivity index (χ3n) is 2.58. The minimum Gasteiger partial charge on any atom is -0.493 e. The van der Waals surface area contributed by atoms with Gasteiger partial charge in [-0.05, 0) is 37.6 Å². The third-order valence-corrected chi connectivity index (χ3v) is 2.58. The van der Waals surface area contributed by atoms with E-state index in [2.05, 4.69) is 5.32 Å². The van der Waals surface area contributed by atoms with Gasteiger partial charge in [0.1, 0.15) is 5.75 Å². The van der Waals surface area contributed by atoms with Crippen molar-refractivity contribution in [3.05, 3.63) is 24.3 Å². The highest BCUT2D eigenvalue weighted by Crippen LogP contribution is 2.16. The molecule has 0 saturated heterocycles. The van der Waals surface area contributed by atoms with Gasteiger partial charge in [-0.3, -0.25) is 9.59 Å². The second-order valence-electron chi connectivity index (χ2n) is 4.65. The summed E-state index contributed by atoms with van der Waals surface area (Å²) in [5, 5.41) is 2.77. The lowest BCUT2D eigenvalue weighted by Gasteiger charge is -2.08. The zero-order chi connectivity index (χ0) is 15.0. The van der Waals surface area contributed by atoms with Crippen molar-refractivity contribution in [2.24, 2.45) is 11.5 Å². The fraction of sp³-hybridized carbons (Fsp3) is 0.429. The van der Waals surface area contributed by atoms with Crippen molar-refractivity contribution >= 4 is 29.9 Å². The number of nitrogens with one attached hydrogen (secondary N) is 1. The van der Waals surface area contributed by atoms with E-state index in [1.54, 1.807) is 24.3 Å². The Kier molecular flexibility index (Phi) is 9.16. The number of rotatable bonds is 8. The number of benzene rings is 1. The molecule has 0 heterocycles. The summed E-state index contributed by atoms with van der Waals surface area (Å²) in [7, 11) is 0. The average molecular weight is 316 g/mol. The van der Waals surface area contributed by atoms with Crippen LogP contribution in [0.25, 0.3) is 0 Å². The molecule has 1 aromatic carbocycles. The summed E-state index contributed by atoms with van der Waals surface area (Å²) in [6, 6.07) is 6.94. The number of hydrogen-bond acceptors (Lipinski definition) is 4.